The molecule has 0 aliphatic heterocycles. The lowest BCUT2D eigenvalue weighted by molar-refractivity contribution is -0.114. The molecule has 0 radical (unpaired) electrons. The van der Waals surface area contributed by atoms with Crippen LogP contribution in [0.3, 0.4) is 0 Å². The summed E-state index contributed by atoms with van der Waals surface area (Å²) in [7, 11) is 1.59. The van der Waals surface area contributed by atoms with Crippen LogP contribution >= 0.6 is 0 Å². The van der Waals surface area contributed by atoms with Crippen molar-refractivity contribution in [3.63, 3.8) is 0 Å². The third-order valence-electron chi connectivity index (χ3n) is 5.01. The lowest BCUT2D eigenvalue weighted by atomic mass is 10.1. The maximum atomic E-state index is 12.4. The average molecular weight is 425 g/mol. The van der Waals surface area contributed by atoms with Crippen LogP contribution in [0, 0.1) is 0 Å². The molecule has 6 heteroatoms. The van der Waals surface area contributed by atoms with Gasteiger partial charge in [-0.25, -0.2) is 0 Å². The zero-order valence-electron chi connectivity index (χ0n) is 17.6. The van der Waals surface area contributed by atoms with Crippen LogP contribution in [0.15, 0.2) is 91.0 Å². The molecule has 32 heavy (non-hydrogen) atoms. The Kier molecular flexibility index (Phi) is 6.32. The number of methoxy groups -OCH3 is 1. The molecule has 4 rings (SSSR count). The number of carbonyl (C=O) groups excluding carboxylic acids is 2. The molecule has 6 nitrogen and oxygen atoms in total. The van der Waals surface area contributed by atoms with E-state index >= 15 is 0 Å². The minimum atomic E-state index is -0.213. The van der Waals surface area contributed by atoms with E-state index in [0.29, 0.717) is 11.3 Å². The van der Waals surface area contributed by atoms with Gasteiger partial charge in [0, 0.05) is 28.0 Å². The number of amides is 2. The van der Waals surface area contributed by atoms with Crippen molar-refractivity contribution < 1.29 is 14.3 Å². The van der Waals surface area contributed by atoms with Crippen LogP contribution in [0.5, 0.6) is 5.75 Å². The first kappa shape index (κ1) is 20.9. The van der Waals surface area contributed by atoms with Gasteiger partial charge in [-0.2, -0.15) is 0 Å². The second kappa shape index (κ2) is 9.66. The fourth-order valence-electron chi connectivity index (χ4n) is 3.33. The van der Waals surface area contributed by atoms with Crippen LogP contribution in [-0.2, 0) is 4.79 Å². The first-order valence-electron chi connectivity index (χ1n) is 10.2. The Labute approximate surface area is 186 Å². The van der Waals surface area contributed by atoms with Crippen molar-refractivity contribution in [1.82, 2.24) is 0 Å². The monoisotopic (exact) mass is 425 g/mol. The van der Waals surface area contributed by atoms with E-state index in [0.717, 1.165) is 27.9 Å². The highest BCUT2D eigenvalue weighted by molar-refractivity contribution is 6.05. The van der Waals surface area contributed by atoms with Crippen molar-refractivity contribution in [3.05, 3.63) is 96.6 Å². The predicted octanol–water partition coefficient (Wildman–Crippen LogP) is 5.15. The summed E-state index contributed by atoms with van der Waals surface area (Å²) in [4.78, 5) is 24.8. The summed E-state index contributed by atoms with van der Waals surface area (Å²) in [6, 6.07) is 27.8. The highest BCUT2D eigenvalue weighted by atomic mass is 16.5. The number of nitrogens with one attached hydrogen (secondary N) is 3. The molecular formula is C26H23N3O3. The molecule has 0 bridgehead atoms. The lowest BCUT2D eigenvalue weighted by Crippen LogP contribution is -2.22. The molecule has 0 fully saturated rings. The van der Waals surface area contributed by atoms with E-state index < -0.39 is 0 Å². The first-order chi connectivity index (χ1) is 15.6. The fraction of sp³-hybridized carbons (Fsp3) is 0.0769. The number of carbonyl (C=O) groups is 2. The molecule has 0 atom stereocenters. The van der Waals surface area contributed by atoms with Crippen molar-refractivity contribution in [1.29, 1.82) is 0 Å². The van der Waals surface area contributed by atoms with E-state index in [-0.39, 0.29) is 18.4 Å². The van der Waals surface area contributed by atoms with Crippen molar-refractivity contribution in [2.75, 3.05) is 29.6 Å². The van der Waals surface area contributed by atoms with Crippen molar-refractivity contribution in [2.24, 2.45) is 0 Å². The van der Waals surface area contributed by atoms with E-state index in [2.05, 4.69) is 16.0 Å². The predicted molar refractivity (Wildman–Crippen MR) is 128 cm³/mol. The van der Waals surface area contributed by atoms with Gasteiger partial charge in [0.1, 0.15) is 5.75 Å². The molecule has 4 aromatic carbocycles. The van der Waals surface area contributed by atoms with Crippen LogP contribution < -0.4 is 20.7 Å². The smallest absolute Gasteiger partial charge is 0.255 e. The molecule has 0 aromatic heterocycles. The summed E-state index contributed by atoms with van der Waals surface area (Å²) in [6.45, 7) is 0.112. The molecular weight excluding hydrogens is 402 g/mol. The van der Waals surface area contributed by atoms with Crippen LogP contribution in [-0.4, -0.2) is 25.5 Å². The quantitative estimate of drug-likeness (QED) is 0.383. The Morgan fingerprint density at radius 1 is 0.750 bits per heavy atom. The largest absolute Gasteiger partial charge is 0.497 e. The SMILES string of the molecule is COc1ccc(NC(=O)c2ccc(NCC(=O)Nc3cccc4ccccc34)cc2)cc1. The molecule has 0 saturated heterocycles. The van der Waals surface area contributed by atoms with E-state index in [9.17, 15) is 9.59 Å². The minimum absolute atomic E-state index is 0.112. The Balaban J connectivity index is 1.32. The molecule has 0 spiro atoms. The van der Waals surface area contributed by atoms with Crippen molar-refractivity contribution in [2.45, 2.75) is 0 Å². The van der Waals surface area contributed by atoms with Gasteiger partial charge in [0.25, 0.3) is 5.91 Å². The van der Waals surface area contributed by atoms with Gasteiger partial charge in [-0.15, -0.1) is 0 Å². The first-order valence-corrected chi connectivity index (χ1v) is 10.2. The van der Waals surface area contributed by atoms with Gasteiger partial charge >= 0.3 is 0 Å². The van der Waals surface area contributed by atoms with Gasteiger partial charge in [-0.3, -0.25) is 9.59 Å². The van der Waals surface area contributed by atoms with E-state index in [1.165, 1.54) is 0 Å². The highest BCUT2D eigenvalue weighted by Gasteiger charge is 2.08. The van der Waals surface area contributed by atoms with Gasteiger partial charge in [-0.05, 0) is 60.0 Å². The molecule has 2 amide bonds. The van der Waals surface area contributed by atoms with E-state index in [1.807, 2.05) is 42.5 Å². The molecule has 0 aliphatic rings. The minimum Gasteiger partial charge on any atom is -0.497 e. The van der Waals surface area contributed by atoms with Crippen LogP contribution in [0.1, 0.15) is 10.4 Å². The molecule has 160 valence electrons. The van der Waals surface area contributed by atoms with Gasteiger partial charge < -0.3 is 20.7 Å². The lowest BCUT2D eigenvalue weighted by Gasteiger charge is -2.11. The summed E-state index contributed by atoms with van der Waals surface area (Å²) in [5, 5.41) is 10.9. The average Bonchev–Trinajstić information content (AvgIpc) is 2.84. The molecule has 3 N–H and O–H groups in total. The molecule has 0 saturated carbocycles. The van der Waals surface area contributed by atoms with Crippen molar-refractivity contribution in [3.8, 4) is 5.75 Å². The molecule has 0 aliphatic carbocycles. The Bertz CT molecular complexity index is 1230. The Morgan fingerprint density at radius 3 is 2.19 bits per heavy atom. The van der Waals surface area contributed by atoms with E-state index in [1.54, 1.807) is 55.6 Å². The number of hydrogen-bond donors (Lipinski definition) is 3. The maximum Gasteiger partial charge on any atom is 0.255 e. The summed E-state index contributed by atoms with van der Waals surface area (Å²) in [6.07, 6.45) is 0. The number of fused-ring (bicyclic) bond motifs is 1. The van der Waals surface area contributed by atoms with Gasteiger partial charge in [-0.1, -0.05) is 36.4 Å². The van der Waals surface area contributed by atoms with Gasteiger partial charge in [0.05, 0.1) is 13.7 Å². The normalized spacial score (nSPS) is 10.4. The molecule has 4 aromatic rings. The summed E-state index contributed by atoms with van der Waals surface area (Å²) in [5.41, 5.74) is 2.73. The standard InChI is InChI=1S/C26H23N3O3/c1-32-22-15-13-21(14-16-22)28-26(31)19-9-11-20(12-10-19)27-17-25(30)29-24-8-4-6-18-5-2-3-7-23(18)24/h2-16,27H,17H2,1H3,(H,28,31)(H,29,30). The van der Waals surface area contributed by atoms with Crippen LogP contribution in [0.4, 0.5) is 17.1 Å². The summed E-state index contributed by atoms with van der Waals surface area (Å²) in [5.74, 6) is 0.362. The summed E-state index contributed by atoms with van der Waals surface area (Å²) < 4.78 is 5.12. The fourth-order valence-corrected chi connectivity index (χ4v) is 3.33. The Hall–Kier alpha value is -4.32. The third-order valence-corrected chi connectivity index (χ3v) is 5.01. The second-order valence-electron chi connectivity index (χ2n) is 7.19. The number of hydrogen-bond acceptors (Lipinski definition) is 4. The van der Waals surface area contributed by atoms with E-state index in [4.69, 9.17) is 4.74 Å². The maximum absolute atomic E-state index is 12.4. The number of anilines is 3. The third kappa shape index (κ3) is 5.05. The van der Waals surface area contributed by atoms with Crippen molar-refractivity contribution >= 4 is 39.6 Å². The Morgan fingerprint density at radius 2 is 1.44 bits per heavy atom. The number of benzene rings is 4. The number of rotatable bonds is 7. The van der Waals surface area contributed by atoms with Crippen LogP contribution in [0.2, 0.25) is 0 Å². The molecule has 0 unspecified atom stereocenters. The summed E-state index contributed by atoms with van der Waals surface area (Å²) >= 11 is 0. The highest BCUT2D eigenvalue weighted by Crippen LogP contribution is 2.23. The second-order valence-corrected chi connectivity index (χ2v) is 7.19. The zero-order chi connectivity index (χ0) is 22.3. The topological polar surface area (TPSA) is 79.5 Å². The van der Waals surface area contributed by atoms with Crippen LogP contribution in [0.25, 0.3) is 10.8 Å². The molecule has 0 heterocycles. The van der Waals surface area contributed by atoms with Gasteiger partial charge in [0.2, 0.25) is 5.91 Å². The zero-order valence-corrected chi connectivity index (χ0v) is 17.6. The van der Waals surface area contributed by atoms with Gasteiger partial charge in [0.15, 0.2) is 0 Å². The number of ether oxygens (including phenoxy) is 1.